The van der Waals surface area contributed by atoms with Gasteiger partial charge in [0.1, 0.15) is 17.7 Å². The van der Waals surface area contributed by atoms with Gasteiger partial charge in [-0.25, -0.2) is 4.79 Å². The van der Waals surface area contributed by atoms with Gasteiger partial charge in [-0.05, 0) is 82.5 Å². The SMILES string of the molecule is Cc1ccc(C)c(C(C(=O)Nc2ccc3ccccc3c2)N(C(=O)C(CC(N)=O)NC(=O)OC(C)(C)C)C(C)C)c1. The average molecular weight is 561 g/mol. The van der Waals surface area contributed by atoms with Crippen LogP contribution in [0.4, 0.5) is 10.5 Å². The number of aryl methyl sites for hydroxylation is 2. The first kappa shape index (κ1) is 31.1. The van der Waals surface area contributed by atoms with E-state index in [1.807, 2.05) is 74.5 Å². The van der Waals surface area contributed by atoms with Crippen LogP contribution in [0.25, 0.3) is 10.8 Å². The highest BCUT2D eigenvalue weighted by Crippen LogP contribution is 2.30. The smallest absolute Gasteiger partial charge is 0.408 e. The van der Waals surface area contributed by atoms with Gasteiger partial charge in [0.15, 0.2) is 0 Å². The number of nitrogens with zero attached hydrogens (tertiary/aromatic N) is 1. The van der Waals surface area contributed by atoms with Crippen LogP contribution >= 0.6 is 0 Å². The van der Waals surface area contributed by atoms with Crippen molar-refractivity contribution in [3.8, 4) is 0 Å². The third kappa shape index (κ3) is 8.30. The summed E-state index contributed by atoms with van der Waals surface area (Å²) in [5.74, 6) is -1.86. The maximum absolute atomic E-state index is 14.1. The lowest BCUT2D eigenvalue weighted by atomic mass is 9.94. The van der Waals surface area contributed by atoms with Crippen LogP contribution in [0, 0.1) is 13.8 Å². The zero-order chi connectivity index (χ0) is 30.5. The minimum absolute atomic E-state index is 0.439. The molecule has 0 aromatic heterocycles. The van der Waals surface area contributed by atoms with Crippen LogP contribution < -0.4 is 16.4 Å². The van der Waals surface area contributed by atoms with Crippen molar-refractivity contribution in [1.82, 2.24) is 10.2 Å². The molecule has 2 unspecified atom stereocenters. The zero-order valence-electron chi connectivity index (χ0n) is 24.8. The van der Waals surface area contributed by atoms with E-state index in [9.17, 15) is 19.2 Å². The van der Waals surface area contributed by atoms with Crippen LogP contribution in [-0.2, 0) is 19.1 Å². The van der Waals surface area contributed by atoms with E-state index < -0.39 is 54.0 Å². The second-order valence-corrected chi connectivity index (χ2v) is 11.5. The number of nitrogens with two attached hydrogens (primary N) is 1. The number of carbonyl (C=O) groups excluding carboxylic acids is 4. The monoisotopic (exact) mass is 560 g/mol. The van der Waals surface area contributed by atoms with Gasteiger partial charge in [0.2, 0.25) is 11.8 Å². The van der Waals surface area contributed by atoms with Gasteiger partial charge in [-0.15, -0.1) is 0 Å². The number of alkyl carbamates (subject to hydrolysis) is 1. The number of amides is 4. The van der Waals surface area contributed by atoms with Gasteiger partial charge in [0, 0.05) is 11.7 Å². The number of hydrogen-bond donors (Lipinski definition) is 3. The molecule has 2 atom stereocenters. The Labute approximate surface area is 241 Å². The van der Waals surface area contributed by atoms with E-state index in [1.54, 1.807) is 34.6 Å². The summed E-state index contributed by atoms with van der Waals surface area (Å²) < 4.78 is 5.33. The van der Waals surface area contributed by atoms with E-state index in [0.717, 1.165) is 21.9 Å². The summed E-state index contributed by atoms with van der Waals surface area (Å²) in [6.45, 7) is 12.4. The lowest BCUT2D eigenvalue weighted by molar-refractivity contribution is -0.143. The van der Waals surface area contributed by atoms with Crippen molar-refractivity contribution in [2.24, 2.45) is 5.73 Å². The highest BCUT2D eigenvalue weighted by Gasteiger charge is 2.39. The number of anilines is 1. The molecule has 9 nitrogen and oxygen atoms in total. The van der Waals surface area contributed by atoms with Crippen molar-refractivity contribution in [2.45, 2.75) is 78.6 Å². The lowest BCUT2D eigenvalue weighted by Crippen LogP contribution is -2.55. The van der Waals surface area contributed by atoms with E-state index in [1.165, 1.54) is 4.90 Å². The van der Waals surface area contributed by atoms with Crippen molar-refractivity contribution in [1.29, 1.82) is 0 Å². The lowest BCUT2D eigenvalue weighted by Gasteiger charge is -2.37. The third-order valence-corrected chi connectivity index (χ3v) is 6.48. The molecule has 3 aromatic carbocycles. The van der Waals surface area contributed by atoms with Crippen molar-refractivity contribution in [2.75, 3.05) is 5.32 Å². The number of nitrogens with one attached hydrogen (secondary N) is 2. The Hall–Kier alpha value is -4.40. The molecule has 4 amide bonds. The first-order chi connectivity index (χ1) is 19.2. The van der Waals surface area contributed by atoms with E-state index in [0.29, 0.717) is 11.3 Å². The molecule has 0 aliphatic heterocycles. The number of hydrogen-bond acceptors (Lipinski definition) is 5. The van der Waals surface area contributed by atoms with Gasteiger partial charge in [-0.1, -0.05) is 54.1 Å². The molecule has 3 aromatic rings. The molecule has 4 N–H and O–H groups in total. The largest absolute Gasteiger partial charge is 0.444 e. The molecule has 41 heavy (non-hydrogen) atoms. The number of fused-ring (bicyclic) bond motifs is 1. The Morgan fingerprint density at radius 2 is 1.59 bits per heavy atom. The molecule has 0 bridgehead atoms. The fourth-order valence-electron chi connectivity index (χ4n) is 4.66. The van der Waals surface area contributed by atoms with Crippen LogP contribution in [0.2, 0.25) is 0 Å². The molecule has 0 heterocycles. The van der Waals surface area contributed by atoms with Crippen molar-refractivity contribution < 1.29 is 23.9 Å². The summed E-state index contributed by atoms with van der Waals surface area (Å²) in [5.41, 5.74) is 7.55. The predicted molar refractivity (Wildman–Crippen MR) is 160 cm³/mol. The molecule has 218 valence electrons. The Morgan fingerprint density at radius 1 is 0.927 bits per heavy atom. The van der Waals surface area contributed by atoms with Crippen LogP contribution in [-0.4, -0.2) is 46.4 Å². The second-order valence-electron chi connectivity index (χ2n) is 11.5. The summed E-state index contributed by atoms with van der Waals surface area (Å²) in [5, 5.41) is 7.46. The third-order valence-electron chi connectivity index (χ3n) is 6.48. The topological polar surface area (TPSA) is 131 Å². The molecule has 3 rings (SSSR count). The zero-order valence-corrected chi connectivity index (χ0v) is 24.8. The first-order valence-corrected chi connectivity index (χ1v) is 13.6. The minimum Gasteiger partial charge on any atom is -0.444 e. The van der Waals surface area contributed by atoms with E-state index >= 15 is 0 Å². The van der Waals surface area contributed by atoms with E-state index in [-0.39, 0.29) is 0 Å². The van der Waals surface area contributed by atoms with Crippen LogP contribution in [0.5, 0.6) is 0 Å². The highest BCUT2D eigenvalue weighted by atomic mass is 16.6. The van der Waals surface area contributed by atoms with Crippen LogP contribution in [0.1, 0.15) is 63.8 Å². The molecule has 0 spiro atoms. The molecule has 0 saturated heterocycles. The number of rotatable bonds is 9. The summed E-state index contributed by atoms with van der Waals surface area (Å²) in [7, 11) is 0. The normalized spacial score (nSPS) is 12.9. The molecule has 0 saturated carbocycles. The van der Waals surface area contributed by atoms with Crippen LogP contribution in [0.3, 0.4) is 0 Å². The minimum atomic E-state index is -1.34. The predicted octanol–water partition coefficient (Wildman–Crippen LogP) is 5.14. The number of carbonyl (C=O) groups is 4. The van der Waals surface area contributed by atoms with E-state index in [4.69, 9.17) is 10.5 Å². The molecular weight excluding hydrogens is 520 g/mol. The maximum Gasteiger partial charge on any atom is 0.408 e. The van der Waals surface area contributed by atoms with Gasteiger partial charge in [-0.2, -0.15) is 0 Å². The fourth-order valence-corrected chi connectivity index (χ4v) is 4.66. The summed E-state index contributed by atoms with van der Waals surface area (Å²) >= 11 is 0. The van der Waals surface area contributed by atoms with Crippen molar-refractivity contribution >= 4 is 40.3 Å². The summed E-state index contributed by atoms with van der Waals surface area (Å²) in [6, 6.07) is 16.2. The van der Waals surface area contributed by atoms with E-state index in [2.05, 4.69) is 10.6 Å². The van der Waals surface area contributed by atoms with Crippen molar-refractivity contribution in [3.63, 3.8) is 0 Å². The van der Waals surface area contributed by atoms with Gasteiger partial charge >= 0.3 is 6.09 Å². The number of ether oxygens (including phenoxy) is 1. The molecule has 0 fully saturated rings. The van der Waals surface area contributed by atoms with Gasteiger partial charge in [-0.3, -0.25) is 14.4 Å². The highest BCUT2D eigenvalue weighted by molar-refractivity contribution is 6.01. The molecular formula is C32H40N4O5. The van der Waals surface area contributed by atoms with Gasteiger partial charge in [0.05, 0.1) is 6.42 Å². The number of primary amides is 1. The molecule has 0 aliphatic carbocycles. The molecule has 0 aliphatic rings. The average Bonchev–Trinajstić information content (AvgIpc) is 2.86. The second kappa shape index (κ2) is 12.8. The number of benzene rings is 3. The Balaban J connectivity index is 2.07. The Morgan fingerprint density at radius 3 is 2.20 bits per heavy atom. The standard InChI is InChI=1S/C32H40N4O5/c1-19(2)36(30(39)26(18-27(33)37)35-31(40)41-32(5,6)7)28(25-16-20(3)12-13-21(25)4)29(38)34-24-15-14-22-10-8-9-11-23(22)17-24/h8-17,19,26,28H,18H2,1-7H3,(H2,33,37)(H,34,38)(H,35,40). The fraction of sp³-hybridized carbons (Fsp3) is 0.375. The molecule has 0 radical (unpaired) electrons. The summed E-state index contributed by atoms with van der Waals surface area (Å²) in [4.78, 5) is 54.2. The quantitative estimate of drug-likeness (QED) is 0.333. The van der Waals surface area contributed by atoms with Crippen molar-refractivity contribution in [3.05, 3.63) is 77.4 Å². The molecule has 9 heteroatoms. The van der Waals surface area contributed by atoms with Gasteiger partial charge in [0.25, 0.3) is 5.91 Å². The Kier molecular flexibility index (Phi) is 9.75. The Bertz CT molecular complexity index is 1440. The van der Waals surface area contributed by atoms with Crippen LogP contribution in [0.15, 0.2) is 60.7 Å². The maximum atomic E-state index is 14.1. The first-order valence-electron chi connectivity index (χ1n) is 13.6. The summed E-state index contributed by atoms with van der Waals surface area (Å²) in [6.07, 6.45) is -1.34. The van der Waals surface area contributed by atoms with Gasteiger partial charge < -0.3 is 26.0 Å².